The van der Waals surface area contributed by atoms with Crippen molar-refractivity contribution in [1.29, 1.82) is 0 Å². The lowest BCUT2D eigenvalue weighted by atomic mass is 9.94. The Morgan fingerprint density at radius 2 is 2.00 bits per heavy atom. The highest BCUT2D eigenvalue weighted by Crippen LogP contribution is 2.20. The quantitative estimate of drug-likeness (QED) is 0.675. The summed E-state index contributed by atoms with van der Waals surface area (Å²) < 4.78 is 5.02. The van der Waals surface area contributed by atoms with Crippen molar-refractivity contribution in [2.75, 3.05) is 26.2 Å². The number of piperidine rings is 1. The van der Waals surface area contributed by atoms with Crippen LogP contribution < -0.4 is 0 Å². The second-order valence-electron chi connectivity index (χ2n) is 4.81. The summed E-state index contributed by atoms with van der Waals surface area (Å²) in [6.45, 7) is 9.71. The molecule has 1 heterocycles. The predicted octanol–water partition coefficient (Wildman–Crippen LogP) is 2.31. The minimum atomic E-state index is -0.0554. The first-order chi connectivity index (χ1) is 7.67. The zero-order valence-electron chi connectivity index (χ0n) is 10.9. The molecular weight excluding hydrogens is 202 g/mol. The van der Waals surface area contributed by atoms with Gasteiger partial charge < -0.3 is 9.64 Å². The van der Waals surface area contributed by atoms with Crippen molar-refractivity contribution < 1.29 is 9.53 Å². The molecule has 0 bridgehead atoms. The summed E-state index contributed by atoms with van der Waals surface area (Å²) in [5, 5.41) is 0. The van der Waals surface area contributed by atoms with Gasteiger partial charge in [0.1, 0.15) is 0 Å². The van der Waals surface area contributed by atoms with Crippen LogP contribution in [-0.2, 0) is 9.53 Å². The number of ether oxygens (including phenoxy) is 1. The number of likely N-dealkylation sites (tertiary alicyclic amines) is 1. The van der Waals surface area contributed by atoms with Crippen LogP contribution in [0.1, 0.15) is 40.0 Å². The van der Waals surface area contributed by atoms with E-state index < -0.39 is 0 Å². The molecule has 0 saturated carbocycles. The molecule has 0 N–H and O–H groups in total. The van der Waals surface area contributed by atoms with Crippen LogP contribution in [0.25, 0.3) is 0 Å². The van der Waals surface area contributed by atoms with Gasteiger partial charge in [-0.2, -0.15) is 0 Å². The van der Waals surface area contributed by atoms with Crippen LogP contribution in [0.2, 0.25) is 0 Å². The molecule has 1 aliphatic rings. The third-order valence-electron chi connectivity index (χ3n) is 3.51. The third kappa shape index (κ3) is 4.12. The fourth-order valence-electron chi connectivity index (χ4n) is 2.32. The second kappa shape index (κ2) is 6.89. The minimum absolute atomic E-state index is 0.0122. The lowest BCUT2D eigenvalue weighted by Gasteiger charge is -2.32. The highest BCUT2D eigenvalue weighted by molar-refractivity contribution is 5.72. The number of esters is 1. The summed E-state index contributed by atoms with van der Waals surface area (Å²) in [7, 11) is 0. The molecular formula is C13H25NO2. The standard InChI is InChI=1S/C13H25NO2/c1-4-12-6-8-14(9-7-12)10-11(3)13(15)16-5-2/h11-12H,4-10H2,1-3H3. The molecule has 0 radical (unpaired) electrons. The number of rotatable bonds is 5. The Bertz CT molecular complexity index is 210. The Kier molecular flexibility index (Phi) is 5.81. The molecule has 1 atom stereocenters. The SMILES string of the molecule is CCOC(=O)C(C)CN1CCC(CC)CC1. The van der Waals surface area contributed by atoms with Gasteiger partial charge in [-0.25, -0.2) is 0 Å². The summed E-state index contributed by atoms with van der Waals surface area (Å²) in [5.74, 6) is 0.854. The fraction of sp³-hybridized carbons (Fsp3) is 0.923. The smallest absolute Gasteiger partial charge is 0.309 e. The van der Waals surface area contributed by atoms with E-state index in [1.165, 1.54) is 19.3 Å². The van der Waals surface area contributed by atoms with Crippen molar-refractivity contribution in [3.8, 4) is 0 Å². The molecule has 0 aromatic heterocycles. The van der Waals surface area contributed by atoms with E-state index in [0.717, 1.165) is 25.6 Å². The number of hydrogen-bond donors (Lipinski definition) is 0. The maximum Gasteiger partial charge on any atom is 0.309 e. The van der Waals surface area contributed by atoms with E-state index in [1.54, 1.807) is 0 Å². The van der Waals surface area contributed by atoms with Gasteiger partial charge in [-0.15, -0.1) is 0 Å². The molecule has 1 saturated heterocycles. The molecule has 1 fully saturated rings. The molecule has 3 nitrogen and oxygen atoms in total. The first kappa shape index (κ1) is 13.5. The van der Waals surface area contributed by atoms with Gasteiger partial charge >= 0.3 is 5.97 Å². The average Bonchev–Trinajstić information content (AvgIpc) is 2.30. The molecule has 1 unspecified atom stereocenters. The van der Waals surface area contributed by atoms with E-state index in [2.05, 4.69) is 11.8 Å². The summed E-state index contributed by atoms with van der Waals surface area (Å²) in [6, 6.07) is 0. The molecule has 0 aromatic carbocycles. The van der Waals surface area contributed by atoms with Crippen molar-refractivity contribution >= 4 is 5.97 Å². The zero-order chi connectivity index (χ0) is 12.0. The molecule has 3 heteroatoms. The molecule has 0 aliphatic carbocycles. The summed E-state index contributed by atoms with van der Waals surface area (Å²) >= 11 is 0. The lowest BCUT2D eigenvalue weighted by molar-refractivity contribution is -0.148. The van der Waals surface area contributed by atoms with Crippen LogP contribution in [0.4, 0.5) is 0 Å². The van der Waals surface area contributed by atoms with Crippen molar-refractivity contribution in [2.45, 2.75) is 40.0 Å². The van der Waals surface area contributed by atoms with E-state index >= 15 is 0 Å². The summed E-state index contributed by atoms with van der Waals surface area (Å²) in [5.41, 5.74) is 0. The van der Waals surface area contributed by atoms with Crippen molar-refractivity contribution in [3.05, 3.63) is 0 Å². The Balaban J connectivity index is 2.25. The van der Waals surface area contributed by atoms with Crippen LogP contribution in [0, 0.1) is 11.8 Å². The zero-order valence-corrected chi connectivity index (χ0v) is 10.9. The van der Waals surface area contributed by atoms with Gasteiger partial charge in [0.15, 0.2) is 0 Å². The molecule has 16 heavy (non-hydrogen) atoms. The number of carbonyl (C=O) groups is 1. The topological polar surface area (TPSA) is 29.5 Å². The Labute approximate surface area is 99.1 Å². The van der Waals surface area contributed by atoms with Crippen LogP contribution in [-0.4, -0.2) is 37.1 Å². The highest BCUT2D eigenvalue weighted by atomic mass is 16.5. The van der Waals surface area contributed by atoms with Gasteiger partial charge in [-0.1, -0.05) is 20.3 Å². The maximum atomic E-state index is 11.5. The van der Waals surface area contributed by atoms with Crippen LogP contribution in [0.15, 0.2) is 0 Å². The van der Waals surface area contributed by atoms with E-state index in [0.29, 0.717) is 6.61 Å². The lowest BCUT2D eigenvalue weighted by Crippen LogP contribution is -2.38. The van der Waals surface area contributed by atoms with Gasteiger partial charge in [0.05, 0.1) is 12.5 Å². The largest absolute Gasteiger partial charge is 0.466 e. The molecule has 94 valence electrons. The second-order valence-corrected chi connectivity index (χ2v) is 4.81. The summed E-state index contributed by atoms with van der Waals surface area (Å²) in [4.78, 5) is 13.9. The molecule has 1 rings (SSSR count). The van der Waals surface area contributed by atoms with Crippen LogP contribution in [0.3, 0.4) is 0 Å². The van der Waals surface area contributed by atoms with Gasteiger partial charge in [0.25, 0.3) is 0 Å². The number of hydrogen-bond acceptors (Lipinski definition) is 3. The third-order valence-corrected chi connectivity index (χ3v) is 3.51. The first-order valence-corrected chi connectivity index (χ1v) is 6.56. The van der Waals surface area contributed by atoms with E-state index in [1.807, 2.05) is 13.8 Å². The van der Waals surface area contributed by atoms with Gasteiger partial charge in [-0.3, -0.25) is 4.79 Å². The highest BCUT2D eigenvalue weighted by Gasteiger charge is 2.22. The fourth-order valence-corrected chi connectivity index (χ4v) is 2.32. The molecule has 0 amide bonds. The Morgan fingerprint density at radius 3 is 2.50 bits per heavy atom. The number of carbonyl (C=O) groups excluding carboxylic acids is 1. The van der Waals surface area contributed by atoms with Crippen molar-refractivity contribution in [2.24, 2.45) is 11.8 Å². The predicted molar refractivity (Wildman–Crippen MR) is 65.3 cm³/mol. The van der Waals surface area contributed by atoms with Crippen molar-refractivity contribution in [1.82, 2.24) is 4.90 Å². The van der Waals surface area contributed by atoms with Crippen LogP contribution >= 0.6 is 0 Å². The minimum Gasteiger partial charge on any atom is -0.466 e. The Hall–Kier alpha value is -0.570. The monoisotopic (exact) mass is 227 g/mol. The number of nitrogens with zero attached hydrogens (tertiary/aromatic N) is 1. The normalized spacial score (nSPS) is 20.7. The van der Waals surface area contributed by atoms with Crippen molar-refractivity contribution in [3.63, 3.8) is 0 Å². The van der Waals surface area contributed by atoms with E-state index in [4.69, 9.17) is 4.74 Å². The van der Waals surface area contributed by atoms with E-state index in [-0.39, 0.29) is 11.9 Å². The molecule has 0 aromatic rings. The van der Waals surface area contributed by atoms with E-state index in [9.17, 15) is 4.79 Å². The van der Waals surface area contributed by atoms with Gasteiger partial charge in [0, 0.05) is 6.54 Å². The maximum absolute atomic E-state index is 11.5. The average molecular weight is 227 g/mol. The van der Waals surface area contributed by atoms with Gasteiger partial charge in [0.2, 0.25) is 0 Å². The molecule has 1 aliphatic heterocycles. The Morgan fingerprint density at radius 1 is 1.38 bits per heavy atom. The summed E-state index contributed by atoms with van der Waals surface area (Å²) in [6.07, 6.45) is 3.86. The van der Waals surface area contributed by atoms with Gasteiger partial charge in [-0.05, 0) is 38.8 Å². The molecule has 0 spiro atoms. The van der Waals surface area contributed by atoms with Crippen LogP contribution in [0.5, 0.6) is 0 Å². The first-order valence-electron chi connectivity index (χ1n) is 6.56.